The van der Waals surface area contributed by atoms with Crippen LogP contribution >= 0.6 is 0 Å². The van der Waals surface area contributed by atoms with Crippen molar-refractivity contribution >= 4 is 5.91 Å². The van der Waals surface area contributed by atoms with Crippen LogP contribution in [0.4, 0.5) is 13.2 Å². The number of amides is 1. The van der Waals surface area contributed by atoms with E-state index in [0.29, 0.717) is 5.75 Å². The molecule has 7 heteroatoms. The van der Waals surface area contributed by atoms with E-state index in [2.05, 4.69) is 5.32 Å². The highest BCUT2D eigenvalue weighted by Crippen LogP contribution is 2.40. The zero-order valence-electron chi connectivity index (χ0n) is 11.6. The van der Waals surface area contributed by atoms with E-state index < -0.39 is 24.7 Å². The Labute approximate surface area is 119 Å². The van der Waals surface area contributed by atoms with Gasteiger partial charge in [0, 0.05) is 11.5 Å². The molecule has 1 aromatic carbocycles. The molecule has 0 aliphatic carbocycles. The molecule has 0 spiro atoms. The normalized spacial score (nSPS) is 22.4. The van der Waals surface area contributed by atoms with E-state index in [4.69, 9.17) is 9.84 Å². The second-order valence-corrected chi connectivity index (χ2v) is 5.10. The van der Waals surface area contributed by atoms with Crippen LogP contribution in [0, 0.1) is 0 Å². The molecule has 0 saturated heterocycles. The van der Waals surface area contributed by atoms with Crippen LogP contribution in [0.2, 0.25) is 0 Å². The molecule has 4 nitrogen and oxygen atoms in total. The Balaban J connectivity index is 2.12. The van der Waals surface area contributed by atoms with Gasteiger partial charge in [-0.15, -0.1) is 0 Å². The number of aliphatic hydroxyl groups is 1. The van der Waals surface area contributed by atoms with Gasteiger partial charge in [-0.1, -0.05) is 19.1 Å². The van der Waals surface area contributed by atoms with Gasteiger partial charge in [0.25, 0.3) is 5.91 Å². The molecule has 21 heavy (non-hydrogen) atoms. The molecule has 0 radical (unpaired) electrons. The second-order valence-electron chi connectivity index (χ2n) is 5.10. The number of benzene rings is 1. The smallest absolute Gasteiger partial charge is 0.416 e. The summed E-state index contributed by atoms with van der Waals surface area (Å²) >= 11 is 0. The van der Waals surface area contributed by atoms with Crippen LogP contribution in [0.5, 0.6) is 5.75 Å². The van der Waals surface area contributed by atoms with Crippen molar-refractivity contribution in [1.82, 2.24) is 5.32 Å². The maximum Gasteiger partial charge on any atom is 0.416 e. The van der Waals surface area contributed by atoms with Gasteiger partial charge in [-0.2, -0.15) is 13.2 Å². The Morgan fingerprint density at radius 2 is 2.10 bits per heavy atom. The highest BCUT2D eigenvalue weighted by molar-refractivity contribution is 5.97. The number of hydrogen-bond acceptors (Lipinski definition) is 3. The average Bonchev–Trinajstić information content (AvgIpc) is 2.70. The molecule has 1 heterocycles. The first-order valence-corrected chi connectivity index (χ1v) is 6.54. The summed E-state index contributed by atoms with van der Waals surface area (Å²) in [7, 11) is 0. The minimum atomic E-state index is -4.76. The number of nitrogens with one attached hydrogen (secondary N) is 1. The standard InChI is InChI=1S/C14H16F3NO3/c1-7-8(2)21-12-9(7)4-3-5-10(12)13(20)18-6-11(19)14(15,16)17/h3-5,7-8,11,19H,6H2,1-2H3,(H,18,20). The van der Waals surface area contributed by atoms with Gasteiger partial charge in [0.15, 0.2) is 6.10 Å². The van der Waals surface area contributed by atoms with Gasteiger partial charge in [0.1, 0.15) is 11.9 Å². The molecule has 1 aromatic rings. The third kappa shape index (κ3) is 3.12. The molecule has 2 rings (SSSR count). The SMILES string of the molecule is CC1Oc2c(C(=O)NCC(O)C(F)(F)F)cccc2C1C. The lowest BCUT2D eigenvalue weighted by molar-refractivity contribution is -0.201. The van der Waals surface area contributed by atoms with Crippen LogP contribution in [0.1, 0.15) is 35.7 Å². The zero-order valence-corrected chi connectivity index (χ0v) is 11.6. The molecule has 0 bridgehead atoms. The number of fused-ring (bicyclic) bond motifs is 1. The number of ether oxygens (including phenoxy) is 1. The maximum absolute atomic E-state index is 12.2. The Morgan fingerprint density at radius 3 is 2.71 bits per heavy atom. The van der Waals surface area contributed by atoms with Crippen molar-refractivity contribution in [1.29, 1.82) is 0 Å². The van der Waals surface area contributed by atoms with Gasteiger partial charge in [-0.05, 0) is 13.0 Å². The Bertz CT molecular complexity index is 545. The van der Waals surface area contributed by atoms with Gasteiger partial charge < -0.3 is 15.2 Å². The Hall–Kier alpha value is -1.76. The predicted molar refractivity (Wildman–Crippen MR) is 69.3 cm³/mol. The van der Waals surface area contributed by atoms with E-state index in [1.807, 2.05) is 19.9 Å². The van der Waals surface area contributed by atoms with Crippen LogP contribution in [0.25, 0.3) is 0 Å². The molecular weight excluding hydrogens is 287 g/mol. The van der Waals surface area contributed by atoms with E-state index in [1.54, 1.807) is 6.07 Å². The number of aliphatic hydroxyl groups excluding tert-OH is 1. The van der Waals surface area contributed by atoms with Crippen LogP contribution in [0.15, 0.2) is 18.2 Å². The Morgan fingerprint density at radius 1 is 1.43 bits per heavy atom. The van der Waals surface area contributed by atoms with Crippen LogP contribution in [-0.4, -0.2) is 35.9 Å². The van der Waals surface area contributed by atoms with Gasteiger partial charge >= 0.3 is 6.18 Å². The summed E-state index contributed by atoms with van der Waals surface area (Å²) in [4.78, 5) is 12.0. The zero-order chi connectivity index (χ0) is 15.8. The minimum absolute atomic E-state index is 0.102. The summed E-state index contributed by atoms with van der Waals surface area (Å²) in [5, 5.41) is 11.0. The van der Waals surface area contributed by atoms with Crippen LogP contribution in [0.3, 0.4) is 0 Å². The number of rotatable bonds is 3. The summed E-state index contributed by atoms with van der Waals surface area (Å²) < 4.78 is 42.2. The first-order valence-electron chi connectivity index (χ1n) is 6.54. The monoisotopic (exact) mass is 303 g/mol. The third-order valence-corrected chi connectivity index (χ3v) is 3.62. The van der Waals surface area contributed by atoms with Gasteiger partial charge in [0.05, 0.1) is 12.1 Å². The molecule has 2 N–H and O–H groups in total. The van der Waals surface area contributed by atoms with E-state index in [9.17, 15) is 18.0 Å². The molecule has 3 unspecified atom stereocenters. The molecular formula is C14H16F3NO3. The molecule has 0 fully saturated rings. The molecule has 1 aliphatic heterocycles. The number of hydrogen-bond donors (Lipinski definition) is 2. The van der Waals surface area contributed by atoms with Crippen LogP contribution in [-0.2, 0) is 0 Å². The molecule has 1 amide bonds. The van der Waals surface area contributed by atoms with Crippen LogP contribution < -0.4 is 10.1 Å². The quantitative estimate of drug-likeness (QED) is 0.900. The number of alkyl halides is 3. The average molecular weight is 303 g/mol. The highest BCUT2D eigenvalue weighted by Gasteiger charge is 2.38. The maximum atomic E-state index is 12.2. The fourth-order valence-electron chi connectivity index (χ4n) is 2.16. The van der Waals surface area contributed by atoms with Gasteiger partial charge in [-0.3, -0.25) is 4.79 Å². The molecule has 1 aliphatic rings. The summed E-state index contributed by atoms with van der Waals surface area (Å²) in [6.07, 6.45) is -7.45. The summed E-state index contributed by atoms with van der Waals surface area (Å²) in [5.74, 6) is -0.193. The lowest BCUT2D eigenvalue weighted by Gasteiger charge is -2.15. The van der Waals surface area contributed by atoms with Crippen molar-refractivity contribution in [2.45, 2.75) is 38.1 Å². The van der Waals surface area contributed by atoms with Gasteiger partial charge in [-0.25, -0.2) is 0 Å². The number of carbonyl (C=O) groups excluding carboxylic acids is 1. The van der Waals surface area contributed by atoms with E-state index in [-0.39, 0.29) is 17.6 Å². The summed E-state index contributed by atoms with van der Waals surface area (Å²) in [5.41, 5.74) is 1.03. The topological polar surface area (TPSA) is 58.6 Å². The van der Waals surface area contributed by atoms with E-state index >= 15 is 0 Å². The van der Waals surface area contributed by atoms with Crippen molar-refractivity contribution in [3.8, 4) is 5.75 Å². The van der Waals surface area contributed by atoms with Crippen molar-refractivity contribution in [3.63, 3.8) is 0 Å². The highest BCUT2D eigenvalue weighted by atomic mass is 19.4. The second kappa shape index (κ2) is 5.55. The fourth-order valence-corrected chi connectivity index (χ4v) is 2.16. The largest absolute Gasteiger partial charge is 0.489 e. The minimum Gasteiger partial charge on any atom is -0.489 e. The third-order valence-electron chi connectivity index (χ3n) is 3.62. The lowest BCUT2D eigenvalue weighted by Crippen LogP contribution is -2.40. The predicted octanol–water partition coefficient (Wildman–Crippen LogP) is 2.22. The van der Waals surface area contributed by atoms with Crippen molar-refractivity contribution < 1.29 is 27.8 Å². The number of carbonyl (C=O) groups is 1. The molecule has 0 aromatic heterocycles. The van der Waals surface area contributed by atoms with Gasteiger partial charge in [0.2, 0.25) is 0 Å². The van der Waals surface area contributed by atoms with Crippen molar-refractivity contribution in [3.05, 3.63) is 29.3 Å². The Kier molecular flexibility index (Phi) is 4.13. The first kappa shape index (κ1) is 15.6. The number of halogens is 3. The molecule has 0 saturated carbocycles. The first-order chi connectivity index (χ1) is 9.71. The fraction of sp³-hybridized carbons (Fsp3) is 0.500. The summed E-state index contributed by atoms with van der Waals surface area (Å²) in [6, 6.07) is 4.97. The van der Waals surface area contributed by atoms with Crippen molar-refractivity contribution in [2.24, 2.45) is 0 Å². The molecule has 116 valence electrons. The van der Waals surface area contributed by atoms with E-state index in [0.717, 1.165) is 5.56 Å². The van der Waals surface area contributed by atoms with Crippen molar-refractivity contribution in [2.75, 3.05) is 6.54 Å². The number of para-hydroxylation sites is 1. The molecule has 3 atom stereocenters. The van der Waals surface area contributed by atoms with E-state index in [1.165, 1.54) is 6.07 Å². The summed E-state index contributed by atoms with van der Waals surface area (Å²) in [6.45, 7) is 2.92. The lowest BCUT2D eigenvalue weighted by atomic mass is 9.97.